The Hall–Kier alpha value is -3.14. The van der Waals surface area contributed by atoms with Crippen molar-refractivity contribution in [2.24, 2.45) is 0 Å². The predicted molar refractivity (Wildman–Crippen MR) is 112 cm³/mol. The second-order valence-electron chi connectivity index (χ2n) is 8.47. The van der Waals surface area contributed by atoms with E-state index in [1.807, 2.05) is 0 Å². The smallest absolute Gasteiger partial charge is 0.416 e. The summed E-state index contributed by atoms with van der Waals surface area (Å²) in [5, 5.41) is 12.7. The van der Waals surface area contributed by atoms with Crippen LogP contribution in [0.2, 0.25) is 0 Å². The molecule has 4 rings (SSSR count). The molecule has 0 amide bonds. The number of benzene rings is 2. The number of nitrogens with zero attached hydrogens (tertiary/aromatic N) is 1. The van der Waals surface area contributed by atoms with Gasteiger partial charge in [0.05, 0.1) is 29.3 Å². The fourth-order valence-corrected chi connectivity index (χ4v) is 4.48. The van der Waals surface area contributed by atoms with Gasteiger partial charge in [0.25, 0.3) is 0 Å². The average Bonchev–Trinajstić information content (AvgIpc) is 2.78. The minimum absolute atomic E-state index is 0.0642. The highest BCUT2D eigenvalue weighted by Crippen LogP contribution is 2.41. The molecule has 0 saturated carbocycles. The second-order valence-corrected chi connectivity index (χ2v) is 8.47. The normalized spacial score (nSPS) is 19.3. The zero-order chi connectivity index (χ0) is 25.5. The number of ether oxygens (including phenoxy) is 1. The minimum atomic E-state index is -4.98. The van der Waals surface area contributed by atoms with Crippen molar-refractivity contribution in [1.29, 1.82) is 0 Å². The third-order valence-corrected chi connectivity index (χ3v) is 6.14. The van der Waals surface area contributed by atoms with Crippen molar-refractivity contribution in [3.8, 4) is 0 Å². The molecule has 0 spiro atoms. The Balaban J connectivity index is 1.73. The fourth-order valence-electron chi connectivity index (χ4n) is 4.48. The molecular formula is C25H20F7NO2. The van der Waals surface area contributed by atoms with Crippen LogP contribution in [0.5, 0.6) is 0 Å². The van der Waals surface area contributed by atoms with Crippen molar-refractivity contribution in [2.45, 2.75) is 50.2 Å². The van der Waals surface area contributed by atoms with Gasteiger partial charge in [0.2, 0.25) is 5.69 Å². The quantitative estimate of drug-likeness (QED) is 0.227. The minimum Gasteiger partial charge on any atom is -0.618 e. The van der Waals surface area contributed by atoms with Gasteiger partial charge in [-0.15, -0.1) is 0 Å². The van der Waals surface area contributed by atoms with E-state index in [0.29, 0.717) is 41.0 Å². The summed E-state index contributed by atoms with van der Waals surface area (Å²) in [6, 6.07) is 10.1. The summed E-state index contributed by atoms with van der Waals surface area (Å²) in [5.74, 6) is -1.20. The zero-order valence-electron chi connectivity index (χ0n) is 18.3. The summed E-state index contributed by atoms with van der Waals surface area (Å²) in [7, 11) is 0. The molecule has 1 aromatic heterocycles. The maximum atomic E-state index is 13.5. The number of halogens is 7. The number of alkyl halides is 6. The Labute approximate surface area is 196 Å². The summed E-state index contributed by atoms with van der Waals surface area (Å²) in [6.07, 6.45) is -9.80. The lowest BCUT2D eigenvalue weighted by Gasteiger charge is -2.34. The number of hydrogen-bond acceptors (Lipinski definition) is 2. The van der Waals surface area contributed by atoms with E-state index < -0.39 is 47.4 Å². The van der Waals surface area contributed by atoms with Crippen LogP contribution in [-0.2, 0) is 23.5 Å². The maximum Gasteiger partial charge on any atom is 0.416 e. The summed E-state index contributed by atoms with van der Waals surface area (Å²) in [4.78, 5) is 0. The zero-order valence-corrected chi connectivity index (χ0v) is 18.3. The fraction of sp³-hybridized carbons (Fsp3) is 0.320. The number of fused-ring (bicyclic) bond motifs is 1. The lowest BCUT2D eigenvalue weighted by atomic mass is 9.79. The first kappa shape index (κ1) is 25.0. The molecule has 0 fully saturated rings. The van der Waals surface area contributed by atoms with Crippen molar-refractivity contribution in [1.82, 2.24) is 0 Å². The second kappa shape index (κ2) is 9.14. The van der Waals surface area contributed by atoms with Crippen LogP contribution in [0.15, 0.2) is 60.8 Å². The Morgan fingerprint density at radius 3 is 2.11 bits per heavy atom. The Morgan fingerprint density at radius 2 is 1.54 bits per heavy atom. The van der Waals surface area contributed by atoms with Gasteiger partial charge in [-0.3, -0.25) is 0 Å². The molecule has 0 aliphatic heterocycles. The number of aryl methyl sites for hydroxylation is 1. The number of pyridine rings is 1. The lowest BCUT2D eigenvalue weighted by Crippen LogP contribution is -2.42. The summed E-state index contributed by atoms with van der Waals surface area (Å²) >= 11 is 0. The third-order valence-electron chi connectivity index (χ3n) is 6.14. The molecule has 1 aliphatic carbocycles. The van der Waals surface area contributed by atoms with Crippen molar-refractivity contribution in [3.05, 3.63) is 105 Å². The van der Waals surface area contributed by atoms with Gasteiger partial charge in [-0.25, -0.2) is 4.39 Å². The molecule has 0 saturated heterocycles. The van der Waals surface area contributed by atoms with E-state index in [2.05, 4.69) is 0 Å². The SMILES string of the molecule is C[C@H](O[C@@H]1CCc2ccc[n+]([O-])c2[C@H]1c1ccc(F)cc1)c1cc(C(F)(F)F)cc(C(F)(F)F)c1. The molecule has 1 aliphatic rings. The van der Waals surface area contributed by atoms with Crippen LogP contribution in [0.1, 0.15) is 58.9 Å². The molecule has 35 heavy (non-hydrogen) atoms. The summed E-state index contributed by atoms with van der Waals surface area (Å²) in [6.45, 7) is 1.36. The van der Waals surface area contributed by atoms with E-state index >= 15 is 0 Å². The first-order chi connectivity index (χ1) is 16.3. The highest BCUT2D eigenvalue weighted by atomic mass is 19.4. The molecular weight excluding hydrogens is 479 g/mol. The standard InChI is InChI=1S/C25H20F7NO2/c1-14(17-11-18(24(27,28)29)13-19(12-17)25(30,31)32)35-21-9-6-16-3-2-10-33(34)23(16)22(21)15-4-7-20(26)8-5-15/h2-5,7-8,10-14,21-22H,6,9H2,1H3/t14-,21+,22-/m0/s1. The Bertz CT molecular complexity index is 1170. The van der Waals surface area contributed by atoms with Gasteiger partial charge in [0.1, 0.15) is 5.82 Å². The largest absolute Gasteiger partial charge is 0.618 e. The molecule has 3 aromatic rings. The van der Waals surface area contributed by atoms with E-state index in [1.54, 1.807) is 12.1 Å². The number of hydrogen-bond donors (Lipinski definition) is 0. The van der Waals surface area contributed by atoms with Crippen LogP contribution in [0.25, 0.3) is 0 Å². The molecule has 186 valence electrons. The van der Waals surface area contributed by atoms with E-state index in [1.165, 1.54) is 37.4 Å². The van der Waals surface area contributed by atoms with Crippen LogP contribution in [-0.4, -0.2) is 6.10 Å². The highest BCUT2D eigenvalue weighted by Gasteiger charge is 2.40. The maximum absolute atomic E-state index is 13.5. The van der Waals surface area contributed by atoms with E-state index in [4.69, 9.17) is 4.74 Å². The summed E-state index contributed by atoms with van der Waals surface area (Å²) < 4.78 is 100. The van der Waals surface area contributed by atoms with Gasteiger partial charge >= 0.3 is 12.4 Å². The van der Waals surface area contributed by atoms with E-state index in [9.17, 15) is 35.9 Å². The lowest BCUT2D eigenvalue weighted by molar-refractivity contribution is -0.616. The molecule has 0 bridgehead atoms. The van der Waals surface area contributed by atoms with Gasteiger partial charge in [-0.2, -0.15) is 31.1 Å². The highest BCUT2D eigenvalue weighted by molar-refractivity contribution is 5.37. The van der Waals surface area contributed by atoms with Crippen LogP contribution in [0.3, 0.4) is 0 Å². The van der Waals surface area contributed by atoms with Gasteiger partial charge in [0, 0.05) is 11.6 Å². The van der Waals surface area contributed by atoms with Crippen molar-refractivity contribution < 1.29 is 40.2 Å². The molecule has 1 heterocycles. The third kappa shape index (κ3) is 5.27. The number of rotatable bonds is 4. The first-order valence-electron chi connectivity index (χ1n) is 10.8. The van der Waals surface area contributed by atoms with E-state index in [-0.39, 0.29) is 11.6 Å². The van der Waals surface area contributed by atoms with Gasteiger partial charge in [-0.1, -0.05) is 12.1 Å². The predicted octanol–water partition coefficient (Wildman–Crippen LogP) is 6.72. The van der Waals surface area contributed by atoms with Crippen molar-refractivity contribution in [2.75, 3.05) is 0 Å². The first-order valence-corrected chi connectivity index (χ1v) is 10.8. The topological polar surface area (TPSA) is 36.2 Å². The molecule has 0 N–H and O–H groups in total. The van der Waals surface area contributed by atoms with Gasteiger partial charge in [0.15, 0.2) is 6.20 Å². The van der Waals surface area contributed by atoms with Crippen molar-refractivity contribution >= 4 is 0 Å². The Morgan fingerprint density at radius 1 is 0.943 bits per heavy atom. The molecule has 3 nitrogen and oxygen atoms in total. The van der Waals surface area contributed by atoms with E-state index in [0.717, 1.165) is 5.56 Å². The molecule has 2 aromatic carbocycles. The molecule has 10 heteroatoms. The summed E-state index contributed by atoms with van der Waals surface area (Å²) in [5.41, 5.74) is -1.52. The van der Waals surface area contributed by atoms with Crippen LogP contribution in [0.4, 0.5) is 30.7 Å². The number of aromatic nitrogens is 1. The van der Waals surface area contributed by atoms with Crippen molar-refractivity contribution in [3.63, 3.8) is 0 Å². The molecule has 0 radical (unpaired) electrons. The molecule has 0 unspecified atom stereocenters. The van der Waals surface area contributed by atoms with Gasteiger partial charge in [-0.05, 0) is 67.3 Å². The monoisotopic (exact) mass is 499 g/mol. The van der Waals surface area contributed by atoms with Crippen LogP contribution >= 0.6 is 0 Å². The molecule has 3 atom stereocenters. The van der Waals surface area contributed by atoms with Crippen LogP contribution in [0, 0.1) is 11.0 Å². The van der Waals surface area contributed by atoms with Crippen LogP contribution < -0.4 is 4.73 Å². The Kier molecular flexibility index (Phi) is 6.52. The van der Waals surface area contributed by atoms with Gasteiger partial charge < -0.3 is 9.94 Å². The average molecular weight is 499 g/mol.